The van der Waals surface area contributed by atoms with Crippen molar-refractivity contribution in [1.82, 2.24) is 0 Å². The second kappa shape index (κ2) is 13.2. The van der Waals surface area contributed by atoms with Crippen LogP contribution in [0, 0.1) is 11.8 Å². The van der Waals surface area contributed by atoms with E-state index in [0.717, 1.165) is 0 Å². The van der Waals surface area contributed by atoms with Gasteiger partial charge in [0.25, 0.3) is 0 Å². The molecule has 0 amide bonds. The second-order valence-corrected chi connectivity index (χ2v) is 5.09. The molecule has 1 unspecified atom stereocenters. The zero-order valence-corrected chi connectivity index (χ0v) is 15.4. The van der Waals surface area contributed by atoms with Crippen LogP contribution in [0.25, 0.3) is 0 Å². The van der Waals surface area contributed by atoms with E-state index in [-0.39, 0.29) is 45.7 Å². The van der Waals surface area contributed by atoms with Crippen molar-refractivity contribution in [2.45, 2.75) is 47.0 Å². The molecule has 0 aromatic carbocycles. The lowest BCUT2D eigenvalue weighted by atomic mass is 9.90. The molecule has 0 radical (unpaired) electrons. The Kier molecular flexibility index (Phi) is 12.1. The molecule has 0 N–H and O–H groups in total. The maximum Gasteiger partial charge on any atom is 0.320 e. The summed E-state index contributed by atoms with van der Waals surface area (Å²) in [5.41, 5.74) is 0. The predicted octanol–water partition coefficient (Wildman–Crippen LogP) is 1.64. The highest BCUT2D eigenvalue weighted by atomic mass is 16.6. The number of carbonyl (C=O) groups is 4. The van der Waals surface area contributed by atoms with Crippen molar-refractivity contribution in [2.75, 3.05) is 26.4 Å². The molecular formula is C17H28O8. The van der Waals surface area contributed by atoms with Crippen LogP contribution in [-0.4, -0.2) is 50.3 Å². The van der Waals surface area contributed by atoms with Crippen molar-refractivity contribution >= 4 is 23.9 Å². The quantitative estimate of drug-likeness (QED) is 0.294. The summed E-state index contributed by atoms with van der Waals surface area (Å²) in [6, 6.07) is 0. The standard InChI is InChI=1S/C17H28O8/c1-5-22-14(18)10-9-12(15(19)23-6-2)11-13(16(20)24-7-3)17(21)25-8-4/h12-13H,5-11H2,1-4H3. The molecular weight excluding hydrogens is 332 g/mol. The molecule has 0 aromatic rings. The molecule has 0 aromatic heterocycles. The van der Waals surface area contributed by atoms with Gasteiger partial charge in [-0.3, -0.25) is 19.2 Å². The zero-order valence-electron chi connectivity index (χ0n) is 15.4. The molecule has 0 aliphatic rings. The van der Waals surface area contributed by atoms with Crippen LogP contribution in [-0.2, 0) is 38.1 Å². The Bertz CT molecular complexity index is 428. The average molecular weight is 360 g/mol. The smallest absolute Gasteiger partial charge is 0.320 e. The van der Waals surface area contributed by atoms with Crippen molar-refractivity contribution in [1.29, 1.82) is 0 Å². The van der Waals surface area contributed by atoms with Crippen LogP contribution in [0.3, 0.4) is 0 Å². The van der Waals surface area contributed by atoms with Crippen LogP contribution in [0.5, 0.6) is 0 Å². The molecule has 8 nitrogen and oxygen atoms in total. The maximum atomic E-state index is 12.1. The molecule has 0 spiro atoms. The molecule has 0 aliphatic carbocycles. The Morgan fingerprint density at radius 3 is 1.56 bits per heavy atom. The summed E-state index contributed by atoms with van der Waals surface area (Å²) in [5.74, 6) is -4.61. The van der Waals surface area contributed by atoms with Crippen LogP contribution in [0.15, 0.2) is 0 Å². The molecule has 0 fully saturated rings. The van der Waals surface area contributed by atoms with Gasteiger partial charge in [0.15, 0.2) is 5.92 Å². The van der Waals surface area contributed by atoms with E-state index in [4.69, 9.17) is 18.9 Å². The normalized spacial score (nSPS) is 11.6. The fourth-order valence-electron chi connectivity index (χ4n) is 2.18. The largest absolute Gasteiger partial charge is 0.466 e. The van der Waals surface area contributed by atoms with Gasteiger partial charge in [-0.05, 0) is 40.5 Å². The fraction of sp³-hybridized carbons (Fsp3) is 0.765. The topological polar surface area (TPSA) is 105 Å². The number of rotatable bonds is 12. The molecule has 8 heteroatoms. The van der Waals surface area contributed by atoms with Gasteiger partial charge in [0, 0.05) is 6.42 Å². The lowest BCUT2D eigenvalue weighted by Gasteiger charge is -2.20. The van der Waals surface area contributed by atoms with Crippen molar-refractivity contribution < 1.29 is 38.1 Å². The van der Waals surface area contributed by atoms with Crippen LogP contribution in [0.1, 0.15) is 47.0 Å². The highest BCUT2D eigenvalue weighted by Crippen LogP contribution is 2.22. The Hall–Kier alpha value is -2.12. The zero-order chi connectivity index (χ0) is 19.2. The first-order valence-electron chi connectivity index (χ1n) is 8.56. The second-order valence-electron chi connectivity index (χ2n) is 5.09. The van der Waals surface area contributed by atoms with Gasteiger partial charge < -0.3 is 18.9 Å². The summed E-state index contributed by atoms with van der Waals surface area (Å²) < 4.78 is 19.6. The minimum Gasteiger partial charge on any atom is -0.466 e. The van der Waals surface area contributed by atoms with Gasteiger partial charge in [0.1, 0.15) is 0 Å². The molecule has 0 rings (SSSR count). The number of ether oxygens (including phenoxy) is 4. The van der Waals surface area contributed by atoms with Gasteiger partial charge >= 0.3 is 23.9 Å². The van der Waals surface area contributed by atoms with Crippen molar-refractivity contribution in [3.63, 3.8) is 0 Å². The molecule has 1 atom stereocenters. The lowest BCUT2D eigenvalue weighted by Crippen LogP contribution is -2.33. The summed E-state index contributed by atoms with van der Waals surface area (Å²) in [7, 11) is 0. The number of esters is 4. The van der Waals surface area contributed by atoms with Crippen molar-refractivity contribution in [3.8, 4) is 0 Å². The highest BCUT2D eigenvalue weighted by molar-refractivity contribution is 5.95. The van der Waals surface area contributed by atoms with E-state index in [1.54, 1.807) is 27.7 Å². The summed E-state index contributed by atoms with van der Waals surface area (Å²) in [5, 5.41) is 0. The first kappa shape index (κ1) is 22.9. The Balaban J connectivity index is 5.14. The summed E-state index contributed by atoms with van der Waals surface area (Å²) >= 11 is 0. The SMILES string of the molecule is CCOC(=O)CCC(CC(C(=O)OCC)C(=O)OCC)C(=O)OCC. The van der Waals surface area contributed by atoms with E-state index >= 15 is 0 Å². The monoisotopic (exact) mass is 360 g/mol. The Morgan fingerprint density at radius 1 is 0.680 bits per heavy atom. The van der Waals surface area contributed by atoms with E-state index in [1.807, 2.05) is 0 Å². The fourth-order valence-corrected chi connectivity index (χ4v) is 2.18. The van der Waals surface area contributed by atoms with Gasteiger partial charge in [-0.25, -0.2) is 0 Å². The molecule has 0 saturated heterocycles. The van der Waals surface area contributed by atoms with E-state index in [0.29, 0.717) is 0 Å². The van der Waals surface area contributed by atoms with Crippen molar-refractivity contribution in [3.05, 3.63) is 0 Å². The first-order chi connectivity index (χ1) is 11.9. The molecule has 0 heterocycles. The van der Waals surface area contributed by atoms with Crippen LogP contribution in [0.2, 0.25) is 0 Å². The van der Waals surface area contributed by atoms with E-state index < -0.39 is 35.7 Å². The van der Waals surface area contributed by atoms with E-state index in [1.165, 1.54) is 0 Å². The average Bonchev–Trinajstić information content (AvgIpc) is 2.55. The van der Waals surface area contributed by atoms with E-state index in [2.05, 4.69) is 0 Å². The summed E-state index contributed by atoms with van der Waals surface area (Å²) in [6.45, 7) is 7.14. The van der Waals surface area contributed by atoms with Crippen LogP contribution >= 0.6 is 0 Å². The van der Waals surface area contributed by atoms with Gasteiger partial charge in [-0.1, -0.05) is 0 Å². The third-order valence-electron chi connectivity index (χ3n) is 3.28. The number of hydrogen-bond acceptors (Lipinski definition) is 8. The van der Waals surface area contributed by atoms with Crippen molar-refractivity contribution in [2.24, 2.45) is 11.8 Å². The molecule has 144 valence electrons. The number of hydrogen-bond donors (Lipinski definition) is 0. The van der Waals surface area contributed by atoms with Gasteiger partial charge in [0.05, 0.1) is 32.3 Å². The van der Waals surface area contributed by atoms with Gasteiger partial charge in [0.2, 0.25) is 0 Å². The summed E-state index contributed by atoms with van der Waals surface area (Å²) in [6.07, 6.45) is -0.0570. The first-order valence-corrected chi connectivity index (χ1v) is 8.56. The third-order valence-corrected chi connectivity index (χ3v) is 3.28. The molecule has 25 heavy (non-hydrogen) atoms. The Morgan fingerprint density at radius 2 is 1.12 bits per heavy atom. The minimum atomic E-state index is -1.24. The lowest BCUT2D eigenvalue weighted by molar-refractivity contribution is -0.163. The van der Waals surface area contributed by atoms with Gasteiger partial charge in [-0.2, -0.15) is 0 Å². The van der Waals surface area contributed by atoms with Gasteiger partial charge in [-0.15, -0.1) is 0 Å². The van der Waals surface area contributed by atoms with Crippen LogP contribution in [0.4, 0.5) is 0 Å². The Labute approximate surface area is 148 Å². The highest BCUT2D eigenvalue weighted by Gasteiger charge is 2.35. The molecule has 0 bridgehead atoms. The predicted molar refractivity (Wildman–Crippen MR) is 87.4 cm³/mol. The molecule has 0 aliphatic heterocycles. The summed E-state index contributed by atoms with van der Waals surface area (Å²) in [4.78, 5) is 47.8. The number of carbonyl (C=O) groups excluding carboxylic acids is 4. The molecule has 0 saturated carbocycles. The van der Waals surface area contributed by atoms with Crippen LogP contribution < -0.4 is 0 Å². The maximum absolute atomic E-state index is 12.1. The minimum absolute atomic E-state index is 0.0182. The van der Waals surface area contributed by atoms with E-state index in [9.17, 15) is 19.2 Å². The third kappa shape index (κ3) is 9.07.